The molecule has 0 radical (unpaired) electrons. The van der Waals surface area contributed by atoms with Crippen molar-refractivity contribution in [3.05, 3.63) is 48.3 Å². The van der Waals surface area contributed by atoms with Crippen LogP contribution in [0.2, 0.25) is 0 Å². The summed E-state index contributed by atoms with van der Waals surface area (Å²) in [5, 5.41) is 3.29. The van der Waals surface area contributed by atoms with Crippen LogP contribution >= 0.6 is 11.6 Å². The molecule has 0 bridgehead atoms. The van der Waals surface area contributed by atoms with Gasteiger partial charge in [-0.25, -0.2) is 9.97 Å². The van der Waals surface area contributed by atoms with Crippen LogP contribution in [0.5, 0.6) is 5.88 Å². The minimum absolute atomic E-state index is 0.115. The lowest BCUT2D eigenvalue weighted by molar-refractivity contribution is 0.397. The topological polar surface area (TPSA) is 47.0 Å². The summed E-state index contributed by atoms with van der Waals surface area (Å²) in [6.45, 7) is 0. The van der Waals surface area contributed by atoms with E-state index >= 15 is 0 Å². The number of nitrogens with one attached hydrogen (secondary N) is 1. The van der Waals surface area contributed by atoms with Crippen molar-refractivity contribution in [3.8, 4) is 5.88 Å². The minimum atomic E-state index is 0.115. The van der Waals surface area contributed by atoms with E-state index in [1.807, 2.05) is 18.2 Å². The van der Waals surface area contributed by atoms with Crippen molar-refractivity contribution in [1.82, 2.24) is 9.97 Å². The van der Waals surface area contributed by atoms with Gasteiger partial charge < -0.3 is 10.1 Å². The van der Waals surface area contributed by atoms with Crippen molar-refractivity contribution < 1.29 is 4.74 Å². The van der Waals surface area contributed by atoms with Crippen LogP contribution in [0.4, 0.5) is 5.82 Å². The quantitative estimate of drug-likeness (QED) is 0.825. The van der Waals surface area contributed by atoms with E-state index < -0.39 is 0 Å². The second kappa shape index (κ2) is 6.95. The standard InChI is InChI=1S/C14H16ClN3O/c1-19-14-8-13(16-10-17-14)18-12(9-15)7-11-5-3-2-4-6-11/h2-6,8,10,12H,7,9H2,1H3,(H,16,17,18). The third kappa shape index (κ3) is 4.10. The Labute approximate surface area is 117 Å². The van der Waals surface area contributed by atoms with Gasteiger partial charge in [0.1, 0.15) is 12.1 Å². The van der Waals surface area contributed by atoms with E-state index in [1.54, 1.807) is 13.2 Å². The summed E-state index contributed by atoms with van der Waals surface area (Å²) in [7, 11) is 1.58. The van der Waals surface area contributed by atoms with Crippen molar-refractivity contribution in [2.24, 2.45) is 0 Å². The number of hydrogen-bond donors (Lipinski definition) is 1. The average molecular weight is 278 g/mol. The number of ether oxygens (including phenoxy) is 1. The number of aromatic nitrogens is 2. The molecule has 0 saturated heterocycles. The number of benzene rings is 1. The van der Waals surface area contributed by atoms with Gasteiger partial charge in [0.2, 0.25) is 5.88 Å². The van der Waals surface area contributed by atoms with Crippen LogP contribution in [-0.4, -0.2) is 29.0 Å². The molecule has 19 heavy (non-hydrogen) atoms. The Kier molecular flexibility index (Phi) is 4.98. The normalized spacial score (nSPS) is 11.9. The molecule has 0 aliphatic rings. The highest BCUT2D eigenvalue weighted by atomic mass is 35.5. The maximum absolute atomic E-state index is 6.00. The van der Waals surface area contributed by atoms with Crippen LogP contribution in [0, 0.1) is 0 Å². The summed E-state index contributed by atoms with van der Waals surface area (Å²) in [5.41, 5.74) is 1.24. The minimum Gasteiger partial charge on any atom is -0.481 e. The molecule has 1 aromatic heterocycles. The molecule has 1 aromatic carbocycles. The van der Waals surface area contributed by atoms with Gasteiger partial charge in [0.25, 0.3) is 0 Å². The Hall–Kier alpha value is -1.81. The summed E-state index contributed by atoms with van der Waals surface area (Å²) in [6, 6.07) is 12.1. The molecular weight excluding hydrogens is 262 g/mol. The molecule has 1 atom stereocenters. The van der Waals surface area contributed by atoms with Gasteiger partial charge in [-0.05, 0) is 12.0 Å². The van der Waals surface area contributed by atoms with Crippen molar-refractivity contribution in [2.45, 2.75) is 12.5 Å². The predicted octanol–water partition coefficient (Wildman–Crippen LogP) is 2.75. The number of methoxy groups -OCH3 is 1. The highest BCUT2D eigenvalue weighted by Crippen LogP contribution is 2.14. The molecule has 0 spiro atoms. The first-order chi connectivity index (χ1) is 9.31. The number of nitrogens with zero attached hydrogens (tertiary/aromatic N) is 2. The summed E-state index contributed by atoms with van der Waals surface area (Å²) in [5.74, 6) is 1.75. The molecule has 0 saturated carbocycles. The van der Waals surface area contributed by atoms with Crippen LogP contribution in [0.25, 0.3) is 0 Å². The number of rotatable bonds is 6. The Morgan fingerprint density at radius 1 is 1.26 bits per heavy atom. The van der Waals surface area contributed by atoms with E-state index in [2.05, 4.69) is 27.4 Å². The van der Waals surface area contributed by atoms with E-state index in [-0.39, 0.29) is 6.04 Å². The van der Waals surface area contributed by atoms with Crippen molar-refractivity contribution >= 4 is 17.4 Å². The zero-order valence-corrected chi connectivity index (χ0v) is 11.5. The van der Waals surface area contributed by atoms with E-state index in [0.29, 0.717) is 17.6 Å². The van der Waals surface area contributed by atoms with Gasteiger partial charge in [-0.3, -0.25) is 0 Å². The SMILES string of the molecule is COc1cc(NC(CCl)Cc2ccccc2)ncn1. The molecular formula is C14H16ClN3O. The Balaban J connectivity index is 2.02. The maximum atomic E-state index is 6.00. The largest absolute Gasteiger partial charge is 0.481 e. The number of anilines is 1. The average Bonchev–Trinajstić information content (AvgIpc) is 2.48. The molecule has 1 N–H and O–H groups in total. The van der Waals surface area contributed by atoms with Crippen LogP contribution in [-0.2, 0) is 6.42 Å². The van der Waals surface area contributed by atoms with E-state index in [1.165, 1.54) is 11.9 Å². The maximum Gasteiger partial charge on any atom is 0.218 e. The molecule has 4 nitrogen and oxygen atoms in total. The van der Waals surface area contributed by atoms with Crippen molar-refractivity contribution in [1.29, 1.82) is 0 Å². The highest BCUT2D eigenvalue weighted by molar-refractivity contribution is 6.18. The predicted molar refractivity (Wildman–Crippen MR) is 76.9 cm³/mol. The lowest BCUT2D eigenvalue weighted by Crippen LogP contribution is -2.24. The molecule has 0 aliphatic carbocycles. The fourth-order valence-electron chi connectivity index (χ4n) is 1.78. The monoisotopic (exact) mass is 277 g/mol. The zero-order chi connectivity index (χ0) is 13.5. The first kappa shape index (κ1) is 13.6. The van der Waals surface area contributed by atoms with E-state index in [4.69, 9.17) is 16.3 Å². The van der Waals surface area contributed by atoms with Crippen LogP contribution in [0.15, 0.2) is 42.7 Å². The van der Waals surface area contributed by atoms with E-state index in [0.717, 1.165) is 6.42 Å². The van der Waals surface area contributed by atoms with Gasteiger partial charge in [-0.2, -0.15) is 0 Å². The Bertz CT molecular complexity index is 507. The van der Waals surface area contributed by atoms with Gasteiger partial charge in [-0.1, -0.05) is 30.3 Å². The summed E-state index contributed by atoms with van der Waals surface area (Å²) in [4.78, 5) is 8.12. The number of hydrogen-bond acceptors (Lipinski definition) is 4. The van der Waals surface area contributed by atoms with Gasteiger partial charge >= 0.3 is 0 Å². The number of halogens is 1. The Morgan fingerprint density at radius 3 is 2.74 bits per heavy atom. The summed E-state index contributed by atoms with van der Waals surface area (Å²) >= 11 is 6.00. The third-order valence-corrected chi connectivity index (χ3v) is 3.09. The molecule has 5 heteroatoms. The van der Waals surface area contributed by atoms with Gasteiger partial charge in [0.05, 0.1) is 7.11 Å². The molecule has 0 aliphatic heterocycles. The smallest absolute Gasteiger partial charge is 0.218 e. The summed E-state index contributed by atoms with van der Waals surface area (Å²) in [6.07, 6.45) is 2.31. The van der Waals surface area contributed by atoms with Crippen molar-refractivity contribution in [2.75, 3.05) is 18.3 Å². The van der Waals surface area contributed by atoms with Gasteiger partial charge in [-0.15, -0.1) is 11.6 Å². The van der Waals surface area contributed by atoms with Gasteiger partial charge in [0, 0.05) is 18.0 Å². The van der Waals surface area contributed by atoms with Crippen molar-refractivity contribution in [3.63, 3.8) is 0 Å². The highest BCUT2D eigenvalue weighted by Gasteiger charge is 2.09. The lowest BCUT2D eigenvalue weighted by Gasteiger charge is -2.16. The fraction of sp³-hybridized carbons (Fsp3) is 0.286. The molecule has 0 amide bonds. The second-order valence-corrected chi connectivity index (χ2v) is 4.44. The van der Waals surface area contributed by atoms with Crippen LogP contribution < -0.4 is 10.1 Å². The molecule has 100 valence electrons. The Morgan fingerprint density at radius 2 is 2.05 bits per heavy atom. The number of alkyl halides is 1. The van der Waals surface area contributed by atoms with E-state index in [9.17, 15) is 0 Å². The first-order valence-electron chi connectivity index (χ1n) is 6.04. The fourth-order valence-corrected chi connectivity index (χ4v) is 1.97. The molecule has 1 unspecified atom stereocenters. The third-order valence-electron chi connectivity index (χ3n) is 2.71. The van der Waals surface area contributed by atoms with Crippen LogP contribution in [0.3, 0.4) is 0 Å². The zero-order valence-electron chi connectivity index (χ0n) is 10.7. The summed E-state index contributed by atoms with van der Waals surface area (Å²) < 4.78 is 5.06. The lowest BCUT2D eigenvalue weighted by atomic mass is 10.1. The van der Waals surface area contributed by atoms with Gasteiger partial charge in [0.15, 0.2) is 0 Å². The second-order valence-electron chi connectivity index (χ2n) is 4.13. The molecule has 0 fully saturated rings. The molecule has 1 heterocycles. The molecule has 2 aromatic rings. The molecule has 2 rings (SSSR count). The van der Waals surface area contributed by atoms with Crippen LogP contribution in [0.1, 0.15) is 5.56 Å². The first-order valence-corrected chi connectivity index (χ1v) is 6.57.